The molecular formula is C18H27N3O4. The van der Waals surface area contributed by atoms with E-state index in [4.69, 9.17) is 14.2 Å². The molecule has 0 radical (unpaired) electrons. The average Bonchev–Trinajstić information content (AvgIpc) is 3.09. The van der Waals surface area contributed by atoms with Gasteiger partial charge in [0.25, 0.3) is 0 Å². The number of benzene rings is 1. The zero-order valence-electron chi connectivity index (χ0n) is 14.9. The number of hydrogen-bond acceptors (Lipinski definition) is 5. The number of nitrogens with zero attached hydrogens (tertiary/aromatic N) is 1. The lowest BCUT2D eigenvalue weighted by molar-refractivity contribution is 0.0130. The van der Waals surface area contributed by atoms with Gasteiger partial charge in [-0.2, -0.15) is 0 Å². The van der Waals surface area contributed by atoms with E-state index in [2.05, 4.69) is 29.4 Å². The smallest absolute Gasteiger partial charge is 0.319 e. The Morgan fingerprint density at radius 2 is 2.04 bits per heavy atom. The summed E-state index contributed by atoms with van der Waals surface area (Å²) in [5, 5.41) is 5.85. The summed E-state index contributed by atoms with van der Waals surface area (Å²) in [7, 11) is 0. The monoisotopic (exact) mass is 349 g/mol. The Morgan fingerprint density at radius 1 is 1.24 bits per heavy atom. The summed E-state index contributed by atoms with van der Waals surface area (Å²) in [5.74, 6) is 1.81. The van der Waals surface area contributed by atoms with Crippen molar-refractivity contribution in [2.45, 2.75) is 26.3 Å². The maximum Gasteiger partial charge on any atom is 0.319 e. The van der Waals surface area contributed by atoms with Crippen LogP contribution in [0.2, 0.25) is 0 Å². The molecule has 7 heteroatoms. The number of carbonyl (C=O) groups is 1. The van der Waals surface area contributed by atoms with E-state index in [9.17, 15) is 4.79 Å². The van der Waals surface area contributed by atoms with Gasteiger partial charge in [-0.3, -0.25) is 4.90 Å². The summed E-state index contributed by atoms with van der Waals surface area (Å²) >= 11 is 0. The number of anilines is 1. The van der Waals surface area contributed by atoms with E-state index in [0.717, 1.165) is 32.7 Å². The summed E-state index contributed by atoms with van der Waals surface area (Å²) in [4.78, 5) is 14.7. The van der Waals surface area contributed by atoms with Gasteiger partial charge in [-0.25, -0.2) is 4.79 Å². The largest absolute Gasteiger partial charge is 0.454 e. The first-order chi connectivity index (χ1) is 12.1. The normalized spacial score (nSPS) is 18.2. The number of nitrogens with one attached hydrogen (secondary N) is 2. The maximum absolute atomic E-state index is 12.3. The minimum Gasteiger partial charge on any atom is -0.454 e. The van der Waals surface area contributed by atoms with E-state index in [0.29, 0.717) is 35.7 Å². The fraction of sp³-hybridized carbons (Fsp3) is 0.611. The van der Waals surface area contributed by atoms with Crippen LogP contribution in [-0.4, -0.2) is 56.6 Å². The molecule has 1 unspecified atom stereocenters. The summed E-state index contributed by atoms with van der Waals surface area (Å²) < 4.78 is 16.2. The number of ether oxygens (including phenoxy) is 3. The molecule has 0 spiro atoms. The van der Waals surface area contributed by atoms with Gasteiger partial charge in [-0.05, 0) is 24.5 Å². The molecule has 25 heavy (non-hydrogen) atoms. The van der Waals surface area contributed by atoms with Crippen molar-refractivity contribution < 1.29 is 19.0 Å². The van der Waals surface area contributed by atoms with E-state index in [1.807, 2.05) is 12.1 Å². The van der Waals surface area contributed by atoms with E-state index in [1.165, 1.54) is 0 Å². The Bertz CT molecular complexity index is 588. The van der Waals surface area contributed by atoms with Crippen LogP contribution in [0.3, 0.4) is 0 Å². The molecular weight excluding hydrogens is 322 g/mol. The highest BCUT2D eigenvalue weighted by molar-refractivity contribution is 5.91. The van der Waals surface area contributed by atoms with Gasteiger partial charge >= 0.3 is 6.03 Å². The molecule has 1 aromatic carbocycles. The van der Waals surface area contributed by atoms with E-state index < -0.39 is 0 Å². The van der Waals surface area contributed by atoms with Crippen molar-refractivity contribution in [1.29, 1.82) is 0 Å². The average molecular weight is 349 g/mol. The minimum atomic E-state index is -0.231. The summed E-state index contributed by atoms with van der Waals surface area (Å²) in [6.07, 6.45) is 1.04. The van der Waals surface area contributed by atoms with Crippen LogP contribution in [0, 0.1) is 5.92 Å². The Morgan fingerprint density at radius 3 is 2.80 bits per heavy atom. The first kappa shape index (κ1) is 17.8. The van der Waals surface area contributed by atoms with Gasteiger partial charge in [0.15, 0.2) is 11.5 Å². The molecule has 2 aliphatic rings. The maximum atomic E-state index is 12.3. The van der Waals surface area contributed by atoms with Gasteiger partial charge in [0.1, 0.15) is 0 Å². The molecule has 0 bridgehead atoms. The van der Waals surface area contributed by atoms with Gasteiger partial charge in [-0.15, -0.1) is 0 Å². The molecule has 1 fully saturated rings. The minimum absolute atomic E-state index is 0.184. The van der Waals surface area contributed by atoms with Crippen LogP contribution in [0.5, 0.6) is 11.5 Å². The molecule has 1 aromatic rings. The number of carbonyl (C=O) groups excluding carboxylic acids is 1. The third-order valence-electron chi connectivity index (χ3n) is 4.45. The number of fused-ring (bicyclic) bond motifs is 1. The molecule has 1 saturated heterocycles. The number of para-hydroxylation sites is 1. The summed E-state index contributed by atoms with van der Waals surface area (Å²) in [5.41, 5.74) is 0.624. The third kappa shape index (κ3) is 4.76. The fourth-order valence-corrected chi connectivity index (χ4v) is 3.25. The van der Waals surface area contributed by atoms with Crippen LogP contribution in [-0.2, 0) is 4.74 Å². The van der Waals surface area contributed by atoms with Crippen LogP contribution in [0.15, 0.2) is 18.2 Å². The second-order valence-corrected chi connectivity index (χ2v) is 6.81. The number of urea groups is 1. The Balaban J connectivity index is 1.55. The highest BCUT2D eigenvalue weighted by Crippen LogP contribution is 2.38. The molecule has 0 aliphatic carbocycles. The molecule has 1 atom stereocenters. The van der Waals surface area contributed by atoms with Crippen molar-refractivity contribution in [2.24, 2.45) is 5.92 Å². The molecule has 0 aromatic heterocycles. The van der Waals surface area contributed by atoms with Crippen molar-refractivity contribution in [1.82, 2.24) is 10.2 Å². The van der Waals surface area contributed by atoms with Crippen molar-refractivity contribution >= 4 is 11.7 Å². The molecule has 2 aliphatic heterocycles. The lowest BCUT2D eigenvalue weighted by Gasteiger charge is -2.35. The van der Waals surface area contributed by atoms with E-state index >= 15 is 0 Å². The van der Waals surface area contributed by atoms with Crippen molar-refractivity contribution in [3.05, 3.63) is 18.2 Å². The topological polar surface area (TPSA) is 72.1 Å². The van der Waals surface area contributed by atoms with Gasteiger partial charge in [-0.1, -0.05) is 19.9 Å². The first-order valence-corrected chi connectivity index (χ1v) is 8.88. The Labute approximate surface area is 148 Å². The first-order valence-electron chi connectivity index (χ1n) is 8.88. The van der Waals surface area contributed by atoms with Crippen LogP contribution >= 0.6 is 0 Å². The fourth-order valence-electron chi connectivity index (χ4n) is 3.25. The molecule has 2 amide bonds. The lowest BCUT2D eigenvalue weighted by Crippen LogP contribution is -2.49. The standard InChI is InChI=1S/C18H27N3O4/c1-13(2)10-14(21-6-8-23-9-7-21)11-19-18(22)20-15-4-3-5-16-17(15)25-12-24-16/h3-5,13-14H,6-12H2,1-2H3,(H2,19,20,22). The van der Waals surface area contributed by atoms with Crippen LogP contribution in [0.4, 0.5) is 10.5 Å². The van der Waals surface area contributed by atoms with Crippen LogP contribution < -0.4 is 20.1 Å². The highest BCUT2D eigenvalue weighted by atomic mass is 16.7. The van der Waals surface area contributed by atoms with Gasteiger partial charge < -0.3 is 24.8 Å². The molecule has 2 heterocycles. The predicted octanol–water partition coefficient (Wildman–Crippen LogP) is 2.28. The van der Waals surface area contributed by atoms with E-state index in [1.54, 1.807) is 6.07 Å². The second-order valence-electron chi connectivity index (χ2n) is 6.81. The van der Waals surface area contributed by atoms with Crippen molar-refractivity contribution in [2.75, 3.05) is 45.0 Å². The Hall–Kier alpha value is -1.99. The quantitative estimate of drug-likeness (QED) is 0.824. The van der Waals surface area contributed by atoms with Crippen LogP contribution in [0.1, 0.15) is 20.3 Å². The second kappa shape index (κ2) is 8.40. The molecule has 2 N–H and O–H groups in total. The molecule has 138 valence electrons. The summed E-state index contributed by atoms with van der Waals surface area (Å²) in [6, 6.07) is 5.54. The predicted molar refractivity (Wildman–Crippen MR) is 95.2 cm³/mol. The Kier molecular flexibility index (Phi) is 5.99. The summed E-state index contributed by atoms with van der Waals surface area (Å²) in [6.45, 7) is 8.55. The third-order valence-corrected chi connectivity index (χ3v) is 4.45. The number of amides is 2. The SMILES string of the molecule is CC(C)CC(CNC(=O)Nc1cccc2c1OCO2)N1CCOCC1. The van der Waals surface area contributed by atoms with Gasteiger partial charge in [0.2, 0.25) is 6.79 Å². The zero-order chi connectivity index (χ0) is 17.6. The number of morpholine rings is 1. The number of rotatable bonds is 6. The van der Waals surface area contributed by atoms with Gasteiger partial charge in [0, 0.05) is 25.7 Å². The highest BCUT2D eigenvalue weighted by Gasteiger charge is 2.23. The van der Waals surface area contributed by atoms with Crippen molar-refractivity contribution in [3.63, 3.8) is 0 Å². The number of hydrogen-bond donors (Lipinski definition) is 2. The van der Waals surface area contributed by atoms with E-state index in [-0.39, 0.29) is 12.8 Å². The molecule has 7 nitrogen and oxygen atoms in total. The van der Waals surface area contributed by atoms with Crippen molar-refractivity contribution in [3.8, 4) is 11.5 Å². The molecule has 0 saturated carbocycles. The zero-order valence-corrected chi connectivity index (χ0v) is 14.9. The van der Waals surface area contributed by atoms with Gasteiger partial charge in [0.05, 0.1) is 18.9 Å². The van der Waals surface area contributed by atoms with Crippen LogP contribution in [0.25, 0.3) is 0 Å². The molecule has 3 rings (SSSR count). The lowest BCUT2D eigenvalue weighted by atomic mass is 10.0.